The Kier molecular flexibility index (Phi) is 4.67. The molecule has 0 spiro atoms. The number of phenols is 1. The van der Waals surface area contributed by atoms with Gasteiger partial charge in [-0.1, -0.05) is 12.1 Å². The van der Waals surface area contributed by atoms with Crippen LogP contribution in [0.15, 0.2) is 66.9 Å². The van der Waals surface area contributed by atoms with Gasteiger partial charge in [0.15, 0.2) is 0 Å². The van der Waals surface area contributed by atoms with Gasteiger partial charge in [-0.25, -0.2) is 4.39 Å². The highest BCUT2D eigenvalue weighted by Crippen LogP contribution is 2.38. The van der Waals surface area contributed by atoms with Gasteiger partial charge in [0.1, 0.15) is 11.6 Å². The molecule has 0 saturated heterocycles. The number of benzene rings is 3. The molecule has 2 aromatic heterocycles. The summed E-state index contributed by atoms with van der Waals surface area (Å²) in [4.78, 5) is 19.2. The summed E-state index contributed by atoms with van der Waals surface area (Å²) in [6, 6.07) is 17.3. The van der Waals surface area contributed by atoms with Crippen LogP contribution in [0.4, 0.5) is 4.39 Å². The smallest absolute Gasteiger partial charge is 0.252 e. The van der Waals surface area contributed by atoms with Gasteiger partial charge < -0.3 is 25.7 Å². The van der Waals surface area contributed by atoms with Gasteiger partial charge in [0.25, 0.3) is 5.91 Å². The number of aromatic amines is 2. The van der Waals surface area contributed by atoms with E-state index in [9.17, 15) is 14.3 Å². The van der Waals surface area contributed by atoms with Crippen LogP contribution < -0.4 is 10.6 Å². The molecule has 0 aliphatic carbocycles. The first-order valence-corrected chi connectivity index (χ1v) is 11.2. The number of hydrogen-bond donors (Lipinski definition) is 5. The number of aromatic nitrogens is 2. The summed E-state index contributed by atoms with van der Waals surface area (Å²) in [5.41, 5.74) is 5.85. The molecule has 3 aromatic carbocycles. The molecule has 1 aliphatic heterocycles. The van der Waals surface area contributed by atoms with E-state index in [1.165, 1.54) is 18.2 Å². The topological polar surface area (TPSA) is 92.9 Å². The molecule has 5 N–H and O–H groups in total. The van der Waals surface area contributed by atoms with E-state index >= 15 is 0 Å². The van der Waals surface area contributed by atoms with E-state index in [1.807, 2.05) is 12.3 Å². The molecule has 0 radical (unpaired) electrons. The van der Waals surface area contributed by atoms with Gasteiger partial charge in [-0.2, -0.15) is 0 Å². The SMILES string of the molecule is CC(NCc1[nH]c2cc(F)ccc2c1C1NC(=O)c2ccc(O)cc21)c1ccc2cc[nH]c2c1. The van der Waals surface area contributed by atoms with E-state index in [0.29, 0.717) is 23.2 Å². The first kappa shape index (κ1) is 20.5. The second kappa shape index (κ2) is 7.74. The average molecular weight is 455 g/mol. The van der Waals surface area contributed by atoms with Gasteiger partial charge >= 0.3 is 0 Å². The predicted octanol–water partition coefficient (Wildman–Crippen LogP) is 5.18. The lowest BCUT2D eigenvalue weighted by Gasteiger charge is -2.18. The molecule has 1 aliphatic rings. The molecule has 6 nitrogen and oxygen atoms in total. The van der Waals surface area contributed by atoms with Gasteiger partial charge in [-0.15, -0.1) is 0 Å². The number of hydrogen-bond acceptors (Lipinski definition) is 3. The zero-order chi connectivity index (χ0) is 23.4. The van der Waals surface area contributed by atoms with E-state index in [1.54, 1.807) is 18.2 Å². The van der Waals surface area contributed by atoms with Gasteiger partial charge in [0.05, 0.1) is 6.04 Å². The normalized spacial score (nSPS) is 16.2. The first-order valence-electron chi connectivity index (χ1n) is 11.2. The summed E-state index contributed by atoms with van der Waals surface area (Å²) in [5.74, 6) is -0.428. The Balaban J connectivity index is 1.38. The number of nitrogens with one attached hydrogen (secondary N) is 4. The molecule has 0 fully saturated rings. The number of rotatable bonds is 5. The Labute approximate surface area is 194 Å². The molecule has 34 heavy (non-hydrogen) atoms. The highest BCUT2D eigenvalue weighted by molar-refractivity contribution is 6.01. The Hall–Kier alpha value is -4.10. The molecule has 0 saturated carbocycles. The summed E-state index contributed by atoms with van der Waals surface area (Å²) >= 11 is 0. The molecule has 170 valence electrons. The fourth-order valence-electron chi connectivity index (χ4n) is 4.93. The zero-order valence-corrected chi connectivity index (χ0v) is 18.4. The standard InChI is InChI=1S/C27H23FN4O2/c1-14(16-3-2-15-8-9-29-22(15)10-16)30-13-24-25(20-6-4-17(28)11-23(20)31-24)26-21-12-18(33)5-7-19(21)27(34)32-26/h2-12,14,26,29-31,33H,13H2,1H3,(H,32,34). The second-order valence-corrected chi connectivity index (χ2v) is 8.81. The summed E-state index contributed by atoms with van der Waals surface area (Å²) in [6.45, 7) is 2.58. The lowest BCUT2D eigenvalue weighted by Crippen LogP contribution is -2.23. The maximum absolute atomic E-state index is 14.0. The van der Waals surface area contributed by atoms with Crippen LogP contribution in [0.3, 0.4) is 0 Å². The molecule has 2 atom stereocenters. The van der Waals surface area contributed by atoms with E-state index in [2.05, 4.69) is 45.7 Å². The van der Waals surface area contributed by atoms with Crippen molar-refractivity contribution in [1.29, 1.82) is 0 Å². The molecule has 7 heteroatoms. The van der Waals surface area contributed by atoms with Gasteiger partial charge in [-0.3, -0.25) is 4.79 Å². The fourth-order valence-corrected chi connectivity index (χ4v) is 4.93. The number of carbonyl (C=O) groups excluding carboxylic acids is 1. The van der Waals surface area contributed by atoms with Crippen LogP contribution in [-0.4, -0.2) is 21.0 Å². The minimum absolute atomic E-state index is 0.0539. The number of phenolic OH excluding ortho intramolecular Hbond substituents is 1. The number of aromatic hydroxyl groups is 1. The van der Waals surface area contributed by atoms with Crippen LogP contribution in [0.1, 0.15) is 51.7 Å². The van der Waals surface area contributed by atoms with E-state index < -0.39 is 6.04 Å². The molecule has 0 bridgehead atoms. The largest absolute Gasteiger partial charge is 0.508 e. The zero-order valence-electron chi connectivity index (χ0n) is 18.4. The summed E-state index contributed by atoms with van der Waals surface area (Å²) in [5, 5.41) is 18.7. The average Bonchev–Trinajstić information content (AvgIpc) is 3.51. The van der Waals surface area contributed by atoms with Crippen LogP contribution in [-0.2, 0) is 6.54 Å². The van der Waals surface area contributed by atoms with Crippen molar-refractivity contribution in [2.45, 2.75) is 25.6 Å². The van der Waals surface area contributed by atoms with Crippen molar-refractivity contribution in [3.8, 4) is 5.75 Å². The van der Waals surface area contributed by atoms with Crippen LogP contribution in [0.2, 0.25) is 0 Å². The van der Waals surface area contributed by atoms with Crippen molar-refractivity contribution < 1.29 is 14.3 Å². The number of halogens is 1. The molecule has 3 heterocycles. The van der Waals surface area contributed by atoms with Crippen molar-refractivity contribution in [3.63, 3.8) is 0 Å². The summed E-state index contributed by atoms with van der Waals surface area (Å²) in [7, 11) is 0. The molecule has 1 amide bonds. The van der Waals surface area contributed by atoms with Crippen molar-refractivity contribution >= 4 is 27.7 Å². The van der Waals surface area contributed by atoms with Crippen molar-refractivity contribution in [2.75, 3.05) is 0 Å². The van der Waals surface area contributed by atoms with Gasteiger partial charge in [0, 0.05) is 52.0 Å². The quantitative estimate of drug-likeness (QED) is 0.253. The maximum atomic E-state index is 14.0. The van der Waals surface area contributed by atoms with Crippen LogP contribution in [0.5, 0.6) is 5.75 Å². The molecule has 6 rings (SSSR count). The first-order chi connectivity index (χ1) is 16.5. The predicted molar refractivity (Wildman–Crippen MR) is 129 cm³/mol. The Morgan fingerprint density at radius 3 is 2.82 bits per heavy atom. The van der Waals surface area contributed by atoms with Gasteiger partial charge in [-0.05, 0) is 72.0 Å². The highest BCUT2D eigenvalue weighted by Gasteiger charge is 2.33. The molecule has 5 aromatic rings. The Bertz CT molecular complexity index is 1570. The van der Waals surface area contributed by atoms with Crippen molar-refractivity contribution in [1.82, 2.24) is 20.6 Å². The number of carbonyl (C=O) groups is 1. The Morgan fingerprint density at radius 2 is 1.94 bits per heavy atom. The fraction of sp³-hybridized carbons (Fsp3) is 0.148. The molecule has 2 unspecified atom stereocenters. The van der Waals surface area contributed by atoms with E-state index in [-0.39, 0.29) is 23.5 Å². The second-order valence-electron chi connectivity index (χ2n) is 8.81. The number of amides is 1. The highest BCUT2D eigenvalue weighted by atomic mass is 19.1. The minimum Gasteiger partial charge on any atom is -0.508 e. The van der Waals surface area contributed by atoms with E-state index in [4.69, 9.17) is 0 Å². The third-order valence-electron chi connectivity index (χ3n) is 6.70. The summed E-state index contributed by atoms with van der Waals surface area (Å²) < 4.78 is 14.0. The Morgan fingerprint density at radius 1 is 1.06 bits per heavy atom. The lowest BCUT2D eigenvalue weighted by atomic mass is 9.95. The van der Waals surface area contributed by atoms with Crippen LogP contribution in [0, 0.1) is 5.82 Å². The van der Waals surface area contributed by atoms with Gasteiger partial charge in [0.2, 0.25) is 0 Å². The minimum atomic E-state index is -0.448. The third-order valence-corrected chi connectivity index (χ3v) is 6.70. The number of H-pyrrole nitrogens is 2. The van der Waals surface area contributed by atoms with Crippen LogP contribution in [0.25, 0.3) is 21.8 Å². The molecular weight excluding hydrogens is 431 g/mol. The van der Waals surface area contributed by atoms with E-state index in [0.717, 1.165) is 33.1 Å². The van der Waals surface area contributed by atoms with Crippen molar-refractivity contribution in [3.05, 3.63) is 101 Å². The lowest BCUT2D eigenvalue weighted by molar-refractivity contribution is 0.0960. The molecular formula is C27H23FN4O2. The third kappa shape index (κ3) is 3.33. The number of fused-ring (bicyclic) bond motifs is 3. The maximum Gasteiger partial charge on any atom is 0.252 e. The van der Waals surface area contributed by atoms with Crippen LogP contribution >= 0.6 is 0 Å². The monoisotopic (exact) mass is 454 g/mol. The summed E-state index contributed by atoms with van der Waals surface area (Å²) in [6.07, 6.45) is 1.92. The van der Waals surface area contributed by atoms with Crippen molar-refractivity contribution in [2.24, 2.45) is 0 Å².